The molecule has 0 aromatic carbocycles. The van der Waals surface area contributed by atoms with E-state index in [1.54, 1.807) is 0 Å². The number of aliphatic hydroxyl groups is 2. The number of allylic oxidation sites excluding steroid dienone is 7. The summed E-state index contributed by atoms with van der Waals surface area (Å²) in [7, 11) is 0. The van der Waals surface area contributed by atoms with Crippen molar-refractivity contribution >= 4 is 29.7 Å². The highest BCUT2D eigenvalue weighted by Gasteiger charge is 2.23. The molecule has 0 amide bonds. The number of aliphatic carboxylic acids is 1. The zero-order chi connectivity index (χ0) is 37.8. The van der Waals surface area contributed by atoms with Crippen molar-refractivity contribution in [1.29, 1.82) is 0 Å². The average Bonchev–Trinajstić information content (AvgIpc) is 3.11. The first-order valence-corrected chi connectivity index (χ1v) is 20.7. The molecule has 0 saturated heterocycles. The summed E-state index contributed by atoms with van der Waals surface area (Å²) < 4.78 is 10.6. The third kappa shape index (κ3) is 32.0. The van der Waals surface area contributed by atoms with Crippen LogP contribution < -0.4 is 5.73 Å². The van der Waals surface area contributed by atoms with E-state index in [1.165, 1.54) is 88.8 Å². The fourth-order valence-electron chi connectivity index (χ4n) is 5.23. The molecule has 5 N–H and O–H groups in total. The monoisotopic (exact) mass is 737 g/mol. The summed E-state index contributed by atoms with van der Waals surface area (Å²) in [4.78, 5) is 35.8. The van der Waals surface area contributed by atoms with E-state index in [0.717, 1.165) is 32.1 Å². The number of hydrogen-bond donors (Lipinski definition) is 4. The van der Waals surface area contributed by atoms with Crippen LogP contribution in [0.15, 0.2) is 48.6 Å². The Balaban J connectivity index is 4.57. The molecule has 0 saturated carbocycles. The maximum absolute atomic E-state index is 12.6. The first-order valence-electron chi connectivity index (χ1n) is 19.6. The second kappa shape index (κ2) is 36.0. The third-order valence-corrected chi connectivity index (χ3v) is 9.78. The van der Waals surface area contributed by atoms with Crippen molar-refractivity contribution < 1.29 is 39.2 Å². The number of hydrogen-bond acceptors (Lipinski definition) is 9. The van der Waals surface area contributed by atoms with Crippen molar-refractivity contribution in [3.63, 3.8) is 0 Å². The van der Waals surface area contributed by atoms with E-state index in [4.69, 9.17) is 20.3 Å². The molecule has 51 heavy (non-hydrogen) atoms. The van der Waals surface area contributed by atoms with Gasteiger partial charge in [0.2, 0.25) is 0 Å². The van der Waals surface area contributed by atoms with Crippen LogP contribution in [0.1, 0.15) is 149 Å². The Bertz CT molecular complexity index is 983. The summed E-state index contributed by atoms with van der Waals surface area (Å²) in [5, 5.41) is 29.0. The highest BCUT2D eigenvalue weighted by Crippen LogP contribution is 2.22. The van der Waals surface area contributed by atoms with Crippen molar-refractivity contribution in [3.05, 3.63) is 48.6 Å². The number of carboxylic acid groups (broad SMARTS) is 1. The Kier molecular flexibility index (Phi) is 34.3. The van der Waals surface area contributed by atoms with Gasteiger partial charge in [-0.2, -0.15) is 0 Å². The van der Waals surface area contributed by atoms with Crippen LogP contribution in [0.4, 0.5) is 0 Å². The Hall–Kier alpha value is -2.40. The van der Waals surface area contributed by atoms with Crippen LogP contribution in [0.2, 0.25) is 0 Å². The fourth-order valence-corrected chi connectivity index (χ4v) is 6.36. The molecule has 0 aliphatic carbocycles. The molecule has 0 bridgehead atoms. The van der Waals surface area contributed by atoms with Gasteiger partial charge in [-0.25, -0.2) is 0 Å². The van der Waals surface area contributed by atoms with Gasteiger partial charge in [-0.15, -0.1) is 11.8 Å². The Labute approximate surface area is 313 Å². The molecule has 0 rings (SSSR count). The van der Waals surface area contributed by atoms with E-state index in [-0.39, 0.29) is 31.6 Å². The lowest BCUT2D eigenvalue weighted by Gasteiger charge is -2.21. The molecular weight excluding hydrogens is 667 g/mol. The number of aliphatic hydroxyl groups excluding tert-OH is 2. The number of carboxylic acids is 1. The number of ether oxygens (including phenoxy) is 2. The zero-order valence-electron chi connectivity index (χ0n) is 31.8. The van der Waals surface area contributed by atoms with E-state index in [1.807, 2.05) is 30.4 Å². The molecule has 0 heterocycles. The van der Waals surface area contributed by atoms with E-state index < -0.39 is 48.0 Å². The smallest absolute Gasteiger partial charge is 0.323 e. The van der Waals surface area contributed by atoms with E-state index in [0.29, 0.717) is 6.42 Å². The summed E-state index contributed by atoms with van der Waals surface area (Å²) in [6.07, 6.45) is 34.8. The first kappa shape index (κ1) is 48.6. The highest BCUT2D eigenvalue weighted by molar-refractivity contribution is 8.00. The maximum Gasteiger partial charge on any atom is 0.323 e. The standard InChI is InChI=1S/C41H71NO8S/c1-3-5-7-9-11-13-15-17-19-21-23-25-29-38(37(44)28-27-30-39(45)46)51-34-36(42)41(48)49-33-35(32-43)50-40(47)31-26-24-22-20-18-16-14-12-10-8-6-4-2/h11,13,17,19,21,23,25,29,35-38,43-44H,3-10,12,14-16,18,20,22,24,26-28,30-34,42H2,1-2H3,(H,45,46)/b13-11-,19-17-,23-21+,29-25+/t35-,36-,37-,38+/m0/s1. The SMILES string of the molecule is CCCCC/C=C\C\C=C/C=C/C=C/[C@@H](SC[C@H](N)C(=O)OC[C@H](CO)OC(=O)CCCCCCCCCCCCCC)[C@@H](O)CCCC(=O)O. The lowest BCUT2D eigenvalue weighted by atomic mass is 10.0. The van der Waals surface area contributed by atoms with Crippen LogP contribution in [0, 0.1) is 0 Å². The van der Waals surface area contributed by atoms with Gasteiger partial charge in [-0.3, -0.25) is 14.4 Å². The van der Waals surface area contributed by atoms with Crippen molar-refractivity contribution in [2.45, 2.75) is 172 Å². The lowest BCUT2D eigenvalue weighted by molar-refractivity contribution is -0.161. The third-order valence-electron chi connectivity index (χ3n) is 8.37. The summed E-state index contributed by atoms with van der Waals surface area (Å²) >= 11 is 1.27. The summed E-state index contributed by atoms with van der Waals surface area (Å²) in [6, 6.07) is -1.01. The second-order valence-electron chi connectivity index (χ2n) is 13.2. The summed E-state index contributed by atoms with van der Waals surface area (Å²) in [5.41, 5.74) is 6.08. The van der Waals surface area contributed by atoms with Crippen LogP contribution in [0.25, 0.3) is 0 Å². The van der Waals surface area contributed by atoms with Crippen LogP contribution in [0.3, 0.4) is 0 Å². The van der Waals surface area contributed by atoms with Crippen molar-refractivity contribution in [2.75, 3.05) is 19.0 Å². The minimum Gasteiger partial charge on any atom is -0.481 e. The predicted octanol–water partition coefficient (Wildman–Crippen LogP) is 8.77. The second-order valence-corrected chi connectivity index (χ2v) is 14.4. The van der Waals surface area contributed by atoms with Crippen molar-refractivity contribution in [3.8, 4) is 0 Å². The van der Waals surface area contributed by atoms with Crippen LogP contribution in [-0.2, 0) is 23.9 Å². The van der Waals surface area contributed by atoms with E-state index >= 15 is 0 Å². The van der Waals surface area contributed by atoms with Gasteiger partial charge >= 0.3 is 17.9 Å². The molecule has 0 fully saturated rings. The predicted molar refractivity (Wildman–Crippen MR) is 211 cm³/mol. The lowest BCUT2D eigenvalue weighted by Crippen LogP contribution is -2.38. The molecule has 0 aliphatic heterocycles. The largest absolute Gasteiger partial charge is 0.481 e. The molecule has 0 radical (unpaired) electrons. The molecular formula is C41H71NO8S. The number of rotatable bonds is 35. The van der Waals surface area contributed by atoms with Gasteiger partial charge in [-0.1, -0.05) is 146 Å². The first-order chi connectivity index (χ1) is 24.7. The quantitative estimate of drug-likeness (QED) is 0.0215. The summed E-state index contributed by atoms with van der Waals surface area (Å²) in [6.45, 7) is 3.65. The number of esters is 2. The van der Waals surface area contributed by atoms with Crippen molar-refractivity contribution in [1.82, 2.24) is 0 Å². The number of carbonyl (C=O) groups excluding carboxylic acids is 2. The molecule has 0 aromatic rings. The van der Waals surface area contributed by atoms with Gasteiger partial charge in [0.05, 0.1) is 12.7 Å². The van der Waals surface area contributed by atoms with Gasteiger partial charge in [0.15, 0.2) is 6.10 Å². The van der Waals surface area contributed by atoms with Gasteiger partial charge in [0.1, 0.15) is 12.6 Å². The summed E-state index contributed by atoms with van der Waals surface area (Å²) in [5.74, 6) is -1.91. The average molecular weight is 738 g/mol. The maximum atomic E-state index is 12.6. The zero-order valence-corrected chi connectivity index (χ0v) is 32.6. The number of unbranched alkanes of at least 4 members (excludes halogenated alkanes) is 14. The minimum atomic E-state index is -1.01. The molecule has 9 nitrogen and oxygen atoms in total. The molecule has 294 valence electrons. The molecule has 4 atom stereocenters. The van der Waals surface area contributed by atoms with E-state index in [9.17, 15) is 24.6 Å². The van der Waals surface area contributed by atoms with Gasteiger partial charge in [-0.05, 0) is 38.5 Å². The topological polar surface area (TPSA) is 156 Å². The minimum absolute atomic E-state index is 0.0439. The van der Waals surface area contributed by atoms with Gasteiger partial charge < -0.3 is 30.5 Å². The van der Waals surface area contributed by atoms with E-state index in [2.05, 4.69) is 32.1 Å². The van der Waals surface area contributed by atoms with Gasteiger partial charge in [0.25, 0.3) is 0 Å². The molecule has 0 aromatic heterocycles. The molecule has 0 spiro atoms. The molecule has 0 unspecified atom stereocenters. The number of thioether (sulfide) groups is 1. The van der Waals surface area contributed by atoms with Crippen LogP contribution in [-0.4, -0.2) is 75.7 Å². The Morgan fingerprint density at radius 2 is 1.35 bits per heavy atom. The molecule has 0 aliphatic rings. The van der Waals surface area contributed by atoms with Gasteiger partial charge in [0, 0.05) is 23.8 Å². The Morgan fingerprint density at radius 3 is 1.98 bits per heavy atom. The molecule has 10 heteroatoms. The normalized spacial score (nSPS) is 14.5. The number of nitrogens with two attached hydrogens (primary N) is 1. The highest BCUT2D eigenvalue weighted by atomic mass is 32.2. The number of carbonyl (C=O) groups is 3. The van der Waals surface area contributed by atoms with Crippen LogP contribution in [0.5, 0.6) is 0 Å². The van der Waals surface area contributed by atoms with Crippen LogP contribution >= 0.6 is 11.8 Å². The fraction of sp³-hybridized carbons (Fsp3) is 0.732. The van der Waals surface area contributed by atoms with Crippen molar-refractivity contribution in [2.24, 2.45) is 5.73 Å². The Morgan fingerprint density at radius 1 is 0.745 bits per heavy atom.